The first-order valence-corrected chi connectivity index (χ1v) is 9.51. The van der Waals surface area contributed by atoms with Crippen molar-refractivity contribution in [3.8, 4) is 11.5 Å². The number of fused-ring (bicyclic) bond motifs is 1. The molecule has 2 aromatic carbocycles. The minimum absolute atomic E-state index is 0.0245. The van der Waals surface area contributed by atoms with Crippen molar-refractivity contribution in [1.29, 1.82) is 0 Å². The Morgan fingerprint density at radius 3 is 2.93 bits per heavy atom. The van der Waals surface area contributed by atoms with Crippen molar-refractivity contribution < 1.29 is 19.4 Å². The van der Waals surface area contributed by atoms with Crippen LogP contribution in [-0.2, 0) is 11.2 Å². The average molecular weight is 367 g/mol. The van der Waals surface area contributed by atoms with E-state index >= 15 is 0 Å². The van der Waals surface area contributed by atoms with Crippen LogP contribution in [0, 0.1) is 12.8 Å². The second-order valence-corrected chi connectivity index (χ2v) is 7.50. The van der Waals surface area contributed by atoms with Gasteiger partial charge in [-0.25, -0.2) is 0 Å². The molecule has 2 aromatic rings. The van der Waals surface area contributed by atoms with Crippen LogP contribution in [0.15, 0.2) is 42.5 Å². The van der Waals surface area contributed by atoms with E-state index in [1.54, 1.807) is 0 Å². The monoisotopic (exact) mass is 367 g/mol. The van der Waals surface area contributed by atoms with E-state index in [4.69, 9.17) is 9.47 Å². The van der Waals surface area contributed by atoms with Gasteiger partial charge in [-0.2, -0.15) is 0 Å². The van der Waals surface area contributed by atoms with Crippen LogP contribution in [0.1, 0.15) is 35.6 Å². The first-order chi connectivity index (χ1) is 13.1. The normalized spacial score (nSPS) is 21.6. The van der Waals surface area contributed by atoms with Crippen LogP contribution < -0.4 is 14.8 Å². The standard InChI is InChI=1S/C22H25NO4/c1-14-3-2-4-19(9-14)27-13-21(25)23-22(17-11-18(24)12-17)16-5-6-20-15(10-16)7-8-26-20/h2-6,9-10,17-18,22,24H,7-8,11-13H2,1H3,(H,23,25). The molecule has 0 bridgehead atoms. The van der Waals surface area contributed by atoms with Gasteiger partial charge in [-0.1, -0.05) is 18.2 Å². The SMILES string of the molecule is Cc1cccc(OCC(=O)NC(c2ccc3c(c2)CCO3)C2CC(O)C2)c1. The molecule has 1 unspecified atom stereocenters. The Labute approximate surface area is 159 Å². The lowest BCUT2D eigenvalue weighted by molar-refractivity contribution is -0.125. The van der Waals surface area contributed by atoms with Crippen LogP contribution in [0.25, 0.3) is 0 Å². The molecule has 0 aromatic heterocycles. The third-order valence-corrected chi connectivity index (χ3v) is 5.37. The van der Waals surface area contributed by atoms with Gasteiger partial charge in [-0.15, -0.1) is 0 Å². The lowest BCUT2D eigenvalue weighted by Gasteiger charge is -2.38. The maximum atomic E-state index is 12.5. The highest BCUT2D eigenvalue weighted by molar-refractivity contribution is 5.78. The zero-order valence-corrected chi connectivity index (χ0v) is 15.5. The molecule has 1 fully saturated rings. The predicted octanol–water partition coefficient (Wildman–Crippen LogP) is 2.94. The summed E-state index contributed by atoms with van der Waals surface area (Å²) >= 11 is 0. The highest BCUT2D eigenvalue weighted by Crippen LogP contribution is 2.39. The molecule has 1 atom stereocenters. The largest absolute Gasteiger partial charge is 0.493 e. The van der Waals surface area contributed by atoms with Crippen LogP contribution in [0.3, 0.4) is 0 Å². The van der Waals surface area contributed by atoms with Gasteiger partial charge in [0.05, 0.1) is 18.8 Å². The number of benzene rings is 2. The van der Waals surface area contributed by atoms with Crippen molar-refractivity contribution in [2.75, 3.05) is 13.2 Å². The van der Waals surface area contributed by atoms with Crippen molar-refractivity contribution in [3.63, 3.8) is 0 Å². The predicted molar refractivity (Wildman–Crippen MR) is 102 cm³/mol. The molecule has 142 valence electrons. The molecule has 5 heteroatoms. The van der Waals surface area contributed by atoms with E-state index in [9.17, 15) is 9.90 Å². The fourth-order valence-electron chi connectivity index (χ4n) is 3.84. The van der Waals surface area contributed by atoms with E-state index in [0.29, 0.717) is 25.2 Å². The molecule has 0 radical (unpaired) electrons. The molecule has 27 heavy (non-hydrogen) atoms. The maximum Gasteiger partial charge on any atom is 0.258 e. The number of hydrogen-bond donors (Lipinski definition) is 2. The van der Waals surface area contributed by atoms with Crippen molar-refractivity contribution in [2.45, 2.75) is 38.3 Å². The number of rotatable bonds is 6. The Morgan fingerprint density at radius 2 is 2.15 bits per heavy atom. The second kappa shape index (κ2) is 7.61. The summed E-state index contributed by atoms with van der Waals surface area (Å²) in [5.74, 6) is 1.71. The van der Waals surface area contributed by atoms with Gasteiger partial charge in [0.15, 0.2) is 6.61 Å². The third kappa shape index (κ3) is 4.08. The first-order valence-electron chi connectivity index (χ1n) is 9.51. The summed E-state index contributed by atoms with van der Waals surface area (Å²) in [6.45, 7) is 2.67. The van der Waals surface area contributed by atoms with Crippen LogP contribution in [-0.4, -0.2) is 30.3 Å². The minimum atomic E-state index is -0.268. The molecule has 1 heterocycles. The van der Waals surface area contributed by atoms with Crippen LogP contribution in [0.2, 0.25) is 0 Å². The van der Waals surface area contributed by atoms with E-state index in [-0.39, 0.29) is 30.6 Å². The summed E-state index contributed by atoms with van der Waals surface area (Å²) in [6, 6.07) is 13.7. The molecule has 1 amide bonds. The summed E-state index contributed by atoms with van der Waals surface area (Å²) in [4.78, 5) is 12.5. The van der Waals surface area contributed by atoms with Gasteiger partial charge in [0.2, 0.25) is 0 Å². The summed E-state index contributed by atoms with van der Waals surface area (Å²) in [6.07, 6.45) is 2.04. The Bertz CT molecular complexity index is 829. The molecule has 2 aliphatic rings. The fraction of sp³-hybridized carbons (Fsp3) is 0.409. The van der Waals surface area contributed by atoms with E-state index in [1.807, 2.05) is 43.3 Å². The lowest BCUT2D eigenvalue weighted by atomic mass is 9.75. The minimum Gasteiger partial charge on any atom is -0.493 e. The van der Waals surface area contributed by atoms with Gasteiger partial charge in [0.25, 0.3) is 5.91 Å². The van der Waals surface area contributed by atoms with Gasteiger partial charge in [0, 0.05) is 6.42 Å². The third-order valence-electron chi connectivity index (χ3n) is 5.37. The number of aryl methyl sites for hydroxylation is 1. The van der Waals surface area contributed by atoms with Gasteiger partial charge in [0.1, 0.15) is 11.5 Å². The smallest absolute Gasteiger partial charge is 0.258 e. The van der Waals surface area contributed by atoms with Crippen molar-refractivity contribution in [2.24, 2.45) is 5.92 Å². The Morgan fingerprint density at radius 1 is 1.30 bits per heavy atom. The number of carbonyl (C=O) groups excluding carboxylic acids is 1. The van der Waals surface area contributed by atoms with Gasteiger partial charge < -0.3 is 19.9 Å². The number of hydrogen-bond acceptors (Lipinski definition) is 4. The first kappa shape index (κ1) is 17.9. The number of ether oxygens (including phenoxy) is 2. The second-order valence-electron chi connectivity index (χ2n) is 7.50. The zero-order valence-electron chi connectivity index (χ0n) is 15.5. The molecular weight excluding hydrogens is 342 g/mol. The number of carbonyl (C=O) groups is 1. The van der Waals surface area contributed by atoms with Crippen molar-refractivity contribution in [3.05, 3.63) is 59.2 Å². The van der Waals surface area contributed by atoms with Crippen molar-refractivity contribution >= 4 is 5.91 Å². The fourth-order valence-corrected chi connectivity index (χ4v) is 3.84. The molecule has 1 saturated carbocycles. The van der Waals surface area contributed by atoms with E-state index in [2.05, 4.69) is 11.4 Å². The molecule has 5 nitrogen and oxygen atoms in total. The molecule has 2 N–H and O–H groups in total. The highest BCUT2D eigenvalue weighted by atomic mass is 16.5. The number of nitrogens with one attached hydrogen (secondary N) is 1. The molecule has 0 spiro atoms. The van der Waals surface area contributed by atoms with Crippen LogP contribution >= 0.6 is 0 Å². The number of aliphatic hydroxyl groups excluding tert-OH is 1. The van der Waals surface area contributed by atoms with E-state index < -0.39 is 0 Å². The maximum absolute atomic E-state index is 12.5. The van der Waals surface area contributed by atoms with Gasteiger partial charge in [-0.05, 0) is 66.6 Å². The summed E-state index contributed by atoms with van der Waals surface area (Å²) in [7, 11) is 0. The van der Waals surface area contributed by atoms with E-state index in [1.165, 1.54) is 5.56 Å². The zero-order chi connectivity index (χ0) is 18.8. The van der Waals surface area contributed by atoms with Crippen LogP contribution in [0.4, 0.5) is 0 Å². The van der Waals surface area contributed by atoms with Crippen molar-refractivity contribution in [1.82, 2.24) is 5.32 Å². The summed E-state index contributed by atoms with van der Waals surface area (Å²) in [5.41, 5.74) is 3.34. The molecular formula is C22H25NO4. The van der Waals surface area contributed by atoms with E-state index in [0.717, 1.165) is 23.3 Å². The Hall–Kier alpha value is -2.53. The Kier molecular flexibility index (Phi) is 5.03. The Balaban J connectivity index is 1.44. The average Bonchev–Trinajstić information content (AvgIpc) is 3.10. The number of amides is 1. The molecule has 1 aliphatic carbocycles. The molecule has 1 aliphatic heterocycles. The summed E-state index contributed by atoms with van der Waals surface area (Å²) < 4.78 is 11.2. The lowest BCUT2D eigenvalue weighted by Crippen LogP contribution is -2.42. The summed E-state index contributed by atoms with van der Waals surface area (Å²) in [5, 5.41) is 12.8. The number of aliphatic hydroxyl groups is 1. The molecule has 4 rings (SSSR count). The van der Waals surface area contributed by atoms with Gasteiger partial charge in [-0.3, -0.25) is 4.79 Å². The highest BCUT2D eigenvalue weighted by Gasteiger charge is 2.36. The quantitative estimate of drug-likeness (QED) is 0.824. The topological polar surface area (TPSA) is 67.8 Å². The molecule has 0 saturated heterocycles. The van der Waals surface area contributed by atoms with Gasteiger partial charge >= 0.3 is 0 Å². The van der Waals surface area contributed by atoms with Crippen LogP contribution in [0.5, 0.6) is 11.5 Å².